The molecule has 0 aliphatic heterocycles. The second-order valence-electron chi connectivity index (χ2n) is 9.39. The summed E-state index contributed by atoms with van der Waals surface area (Å²) < 4.78 is 0. The van der Waals surface area contributed by atoms with Crippen LogP contribution in [0, 0.1) is 16.9 Å². The zero-order chi connectivity index (χ0) is 18.0. The van der Waals surface area contributed by atoms with E-state index in [4.69, 9.17) is 0 Å². The average Bonchev–Trinajstić information content (AvgIpc) is 2.53. The third kappa shape index (κ3) is 2.56. The van der Waals surface area contributed by atoms with E-state index in [1.807, 2.05) is 18.3 Å². The van der Waals surface area contributed by atoms with E-state index in [1.54, 1.807) is 0 Å². The summed E-state index contributed by atoms with van der Waals surface area (Å²) in [6.45, 7) is 19.3. The van der Waals surface area contributed by atoms with Gasteiger partial charge < -0.3 is 4.98 Å². The molecule has 0 fully saturated rings. The van der Waals surface area contributed by atoms with Crippen LogP contribution in [0.4, 0.5) is 0 Å². The van der Waals surface area contributed by atoms with Gasteiger partial charge in [-0.25, -0.2) is 0 Å². The van der Waals surface area contributed by atoms with Gasteiger partial charge in [0.1, 0.15) is 0 Å². The van der Waals surface area contributed by atoms with Crippen molar-refractivity contribution >= 4 is 0 Å². The molecule has 137 valence electrons. The molecular weight excluding hydrogens is 482 g/mol. The van der Waals surface area contributed by atoms with E-state index in [0.717, 1.165) is 11.3 Å². The third-order valence-corrected chi connectivity index (χ3v) is 7.93. The first-order valence-corrected chi connectivity index (χ1v) is 8.93. The van der Waals surface area contributed by atoms with Crippen molar-refractivity contribution in [1.29, 1.82) is 0 Å². The molecule has 1 aliphatic carbocycles. The van der Waals surface area contributed by atoms with Crippen LogP contribution >= 0.6 is 0 Å². The number of aromatic nitrogens is 1. The summed E-state index contributed by atoms with van der Waals surface area (Å²) in [5.74, 6) is 0. The molecule has 0 saturated heterocycles. The van der Waals surface area contributed by atoms with Crippen LogP contribution in [0.15, 0.2) is 36.5 Å². The van der Waals surface area contributed by atoms with Crippen LogP contribution in [0.5, 0.6) is 0 Å². The molecule has 1 heterocycles. The van der Waals surface area contributed by atoms with Gasteiger partial charge in [0.2, 0.25) is 0 Å². The Hall–Kier alpha value is -0.981. The van der Waals surface area contributed by atoms with Gasteiger partial charge in [0, 0.05) is 26.3 Å². The minimum absolute atomic E-state index is 0. The topological polar surface area (TPSA) is 12.9 Å². The van der Waals surface area contributed by atoms with Crippen LogP contribution in [0.2, 0.25) is 0 Å². The summed E-state index contributed by atoms with van der Waals surface area (Å²) >= 11 is 0. The van der Waals surface area contributed by atoms with Crippen LogP contribution in [0.25, 0.3) is 11.3 Å². The van der Waals surface area contributed by atoms with Crippen LogP contribution in [-0.2, 0) is 30.9 Å². The van der Waals surface area contributed by atoms with Gasteiger partial charge in [0.25, 0.3) is 0 Å². The molecule has 3 rings (SSSR count). The first kappa shape index (κ1) is 20.3. The quantitative estimate of drug-likeness (QED) is 0.417. The summed E-state index contributed by atoms with van der Waals surface area (Å²) in [4.78, 5) is 4.52. The minimum atomic E-state index is 0. The number of hydrogen-bond acceptors (Lipinski definition) is 1. The first-order valence-electron chi connectivity index (χ1n) is 8.93. The summed E-state index contributed by atoms with van der Waals surface area (Å²) in [6, 6.07) is 14.1. The monoisotopic (exact) mass is 513 g/mol. The molecule has 1 aromatic carbocycles. The Morgan fingerprint density at radius 2 is 1.36 bits per heavy atom. The second-order valence-corrected chi connectivity index (χ2v) is 9.39. The molecular formula is C23H30IrN-. The van der Waals surface area contributed by atoms with Crippen molar-refractivity contribution in [1.82, 2.24) is 4.98 Å². The van der Waals surface area contributed by atoms with Gasteiger partial charge in [0.15, 0.2) is 0 Å². The Balaban J connectivity index is 0.00000225. The molecule has 0 atom stereocenters. The Morgan fingerprint density at radius 3 is 1.88 bits per heavy atom. The van der Waals surface area contributed by atoms with E-state index in [-0.39, 0.29) is 41.8 Å². The summed E-state index contributed by atoms with van der Waals surface area (Å²) in [6.07, 6.45) is 1.85. The van der Waals surface area contributed by atoms with Gasteiger partial charge in [0.05, 0.1) is 0 Å². The Morgan fingerprint density at radius 1 is 0.800 bits per heavy atom. The van der Waals surface area contributed by atoms with Gasteiger partial charge in [-0.05, 0) is 33.4 Å². The summed E-state index contributed by atoms with van der Waals surface area (Å²) in [5.41, 5.74) is 5.43. The maximum Gasteiger partial charge on any atom is 0.0160 e. The molecule has 0 bridgehead atoms. The van der Waals surface area contributed by atoms with Crippen LogP contribution in [0.3, 0.4) is 0 Å². The second kappa shape index (κ2) is 6.03. The van der Waals surface area contributed by atoms with Crippen LogP contribution < -0.4 is 0 Å². The number of hydrogen-bond donors (Lipinski definition) is 0. The Bertz CT molecular complexity index is 770. The zero-order valence-electron chi connectivity index (χ0n) is 16.7. The molecule has 1 radical (unpaired) electrons. The molecule has 0 saturated carbocycles. The van der Waals surface area contributed by atoms with Crippen LogP contribution in [-0.4, -0.2) is 4.98 Å². The van der Waals surface area contributed by atoms with E-state index in [0.29, 0.717) is 0 Å². The van der Waals surface area contributed by atoms with Gasteiger partial charge in [-0.2, -0.15) is 0 Å². The summed E-state index contributed by atoms with van der Waals surface area (Å²) in [5, 5.41) is 0. The molecule has 1 nitrogen and oxygen atoms in total. The van der Waals surface area contributed by atoms with E-state index >= 15 is 0 Å². The molecule has 0 unspecified atom stereocenters. The molecule has 0 amide bonds. The van der Waals surface area contributed by atoms with Gasteiger partial charge >= 0.3 is 0 Å². The van der Waals surface area contributed by atoms with Crippen molar-refractivity contribution in [3.8, 4) is 11.3 Å². The van der Waals surface area contributed by atoms with Gasteiger partial charge in [-0.3, -0.25) is 0 Å². The number of nitrogens with zero attached hydrogens (tertiary/aromatic N) is 1. The minimum Gasteiger partial charge on any atom is -0.305 e. The standard InChI is InChI=1S/C23H30N.Ir/c1-20(2)17-13-12-16(19-11-9-10-14-24-19)15-18(17)21(3,4)23(7,8)22(20,5)6;/h9-11,13-15H,1-8H3;/q-1;. The predicted molar refractivity (Wildman–Crippen MR) is 102 cm³/mol. The van der Waals surface area contributed by atoms with Crippen molar-refractivity contribution in [3.05, 3.63) is 53.7 Å². The van der Waals surface area contributed by atoms with Crippen molar-refractivity contribution in [2.24, 2.45) is 10.8 Å². The summed E-state index contributed by atoms with van der Waals surface area (Å²) in [7, 11) is 0. The predicted octanol–water partition coefficient (Wildman–Crippen LogP) is 6.17. The molecule has 0 N–H and O–H groups in total. The van der Waals surface area contributed by atoms with Crippen molar-refractivity contribution < 1.29 is 20.1 Å². The van der Waals surface area contributed by atoms with Gasteiger partial charge in [-0.15, -0.1) is 34.9 Å². The average molecular weight is 513 g/mol. The fourth-order valence-corrected chi connectivity index (χ4v) is 4.43. The van der Waals surface area contributed by atoms with E-state index in [2.05, 4.69) is 84.6 Å². The number of pyridine rings is 1. The molecule has 1 aromatic heterocycles. The molecule has 2 aromatic rings. The SMILES string of the molecule is CC1(C)c2c[c-]c(-c3ccccn3)cc2C(C)(C)C(C)(C)C1(C)C.[Ir]. The van der Waals surface area contributed by atoms with E-state index in [9.17, 15) is 0 Å². The Kier molecular flexibility index (Phi) is 4.90. The van der Waals surface area contributed by atoms with Gasteiger partial charge in [-0.1, -0.05) is 67.5 Å². The zero-order valence-corrected chi connectivity index (χ0v) is 19.1. The van der Waals surface area contributed by atoms with Crippen LogP contribution in [0.1, 0.15) is 66.5 Å². The number of fused-ring (bicyclic) bond motifs is 1. The molecule has 25 heavy (non-hydrogen) atoms. The fourth-order valence-electron chi connectivity index (χ4n) is 4.43. The number of benzene rings is 1. The Labute approximate surface area is 167 Å². The van der Waals surface area contributed by atoms with E-state index < -0.39 is 0 Å². The maximum atomic E-state index is 4.52. The smallest absolute Gasteiger partial charge is 0.0160 e. The normalized spacial score (nSPS) is 21.8. The fraction of sp³-hybridized carbons (Fsp3) is 0.522. The van der Waals surface area contributed by atoms with Crippen molar-refractivity contribution in [2.45, 2.75) is 66.2 Å². The molecule has 1 aliphatic rings. The van der Waals surface area contributed by atoms with E-state index in [1.165, 1.54) is 11.1 Å². The van der Waals surface area contributed by atoms with Crippen molar-refractivity contribution in [3.63, 3.8) is 0 Å². The maximum absolute atomic E-state index is 4.52. The molecule has 2 heteroatoms. The third-order valence-electron chi connectivity index (χ3n) is 7.93. The van der Waals surface area contributed by atoms with Crippen molar-refractivity contribution in [2.75, 3.05) is 0 Å². The molecule has 0 spiro atoms. The number of rotatable bonds is 1. The largest absolute Gasteiger partial charge is 0.305 e. The first-order chi connectivity index (χ1) is 10.9.